The highest BCUT2D eigenvalue weighted by Crippen LogP contribution is 2.34. The fraction of sp³-hybridized carbons (Fsp3) is 0.0909. The van der Waals surface area contributed by atoms with Gasteiger partial charge in [-0.1, -0.05) is 11.6 Å². The molecule has 2 rings (SSSR count). The second kappa shape index (κ2) is 4.93. The zero-order valence-electron chi connectivity index (χ0n) is 9.37. The van der Waals surface area contributed by atoms with Crippen LogP contribution in [-0.2, 0) is 6.18 Å². The normalized spacial score (nSPS) is 11.4. The summed E-state index contributed by atoms with van der Waals surface area (Å²) in [6.07, 6.45) is -1.78. The minimum absolute atomic E-state index is 0.0706. The quantitative estimate of drug-likeness (QED) is 0.888. The molecule has 1 aromatic carbocycles. The summed E-state index contributed by atoms with van der Waals surface area (Å²) in [7, 11) is 0. The van der Waals surface area contributed by atoms with E-state index in [2.05, 4.69) is 15.3 Å². The summed E-state index contributed by atoms with van der Waals surface area (Å²) in [5, 5.41) is 2.73. The third-order valence-corrected chi connectivity index (χ3v) is 2.54. The van der Waals surface area contributed by atoms with Crippen LogP contribution in [0.15, 0.2) is 30.6 Å². The van der Waals surface area contributed by atoms with E-state index in [1.807, 2.05) is 0 Å². The maximum absolute atomic E-state index is 12.6. The second-order valence-corrected chi connectivity index (χ2v) is 4.06. The van der Waals surface area contributed by atoms with Gasteiger partial charge in [-0.3, -0.25) is 0 Å². The van der Waals surface area contributed by atoms with E-state index in [9.17, 15) is 13.2 Å². The van der Waals surface area contributed by atoms with Crippen molar-refractivity contribution in [3.8, 4) is 0 Å². The SMILES string of the molecule is Nc1cnc(Nc2cc(C(F)(F)F)ccc2Cl)nc1. The Balaban J connectivity index is 2.31. The predicted molar refractivity (Wildman–Crippen MR) is 66.2 cm³/mol. The number of halogens is 4. The lowest BCUT2D eigenvalue weighted by Crippen LogP contribution is -2.06. The smallest absolute Gasteiger partial charge is 0.396 e. The molecule has 0 spiro atoms. The first-order valence-electron chi connectivity index (χ1n) is 5.07. The summed E-state index contributed by atoms with van der Waals surface area (Å²) in [6.45, 7) is 0. The first-order chi connectivity index (χ1) is 8.86. The molecule has 0 unspecified atom stereocenters. The van der Waals surface area contributed by atoms with E-state index in [4.69, 9.17) is 17.3 Å². The molecule has 100 valence electrons. The van der Waals surface area contributed by atoms with Crippen molar-refractivity contribution in [1.82, 2.24) is 9.97 Å². The van der Waals surface area contributed by atoms with E-state index >= 15 is 0 Å². The molecule has 4 nitrogen and oxygen atoms in total. The molecule has 0 atom stereocenters. The Morgan fingerprint density at radius 1 is 1.16 bits per heavy atom. The van der Waals surface area contributed by atoms with E-state index in [-0.39, 0.29) is 16.7 Å². The third kappa shape index (κ3) is 3.25. The number of rotatable bonds is 2. The Bertz CT molecular complexity index is 583. The van der Waals surface area contributed by atoms with Crippen molar-refractivity contribution in [2.24, 2.45) is 0 Å². The van der Waals surface area contributed by atoms with Crippen LogP contribution in [0.3, 0.4) is 0 Å². The van der Waals surface area contributed by atoms with Gasteiger partial charge < -0.3 is 11.1 Å². The van der Waals surface area contributed by atoms with E-state index < -0.39 is 11.7 Å². The number of hydrogen-bond acceptors (Lipinski definition) is 4. The molecule has 0 aliphatic heterocycles. The molecular weight excluding hydrogens is 281 g/mol. The second-order valence-electron chi connectivity index (χ2n) is 3.66. The van der Waals surface area contributed by atoms with E-state index in [0.717, 1.165) is 18.2 Å². The lowest BCUT2D eigenvalue weighted by molar-refractivity contribution is -0.137. The molecular formula is C11H8ClF3N4. The van der Waals surface area contributed by atoms with Crippen LogP contribution < -0.4 is 11.1 Å². The Kier molecular flexibility index (Phi) is 3.48. The van der Waals surface area contributed by atoms with Crippen LogP contribution in [-0.4, -0.2) is 9.97 Å². The van der Waals surface area contributed by atoms with Crippen LogP contribution in [0.4, 0.5) is 30.5 Å². The summed E-state index contributed by atoms with van der Waals surface area (Å²) in [5.74, 6) is 0.107. The van der Waals surface area contributed by atoms with Crippen LogP contribution in [0.25, 0.3) is 0 Å². The maximum Gasteiger partial charge on any atom is 0.416 e. The summed E-state index contributed by atoms with van der Waals surface area (Å²) >= 11 is 5.82. The maximum atomic E-state index is 12.6. The van der Waals surface area contributed by atoms with Crippen molar-refractivity contribution in [3.05, 3.63) is 41.2 Å². The molecule has 0 radical (unpaired) electrons. The van der Waals surface area contributed by atoms with Gasteiger partial charge in [-0.05, 0) is 18.2 Å². The highest BCUT2D eigenvalue weighted by atomic mass is 35.5. The van der Waals surface area contributed by atoms with Gasteiger partial charge in [0.15, 0.2) is 0 Å². The summed E-state index contributed by atoms with van der Waals surface area (Å²) in [4.78, 5) is 7.64. The van der Waals surface area contributed by atoms with Crippen LogP contribution in [0.5, 0.6) is 0 Å². The molecule has 0 amide bonds. The van der Waals surface area contributed by atoms with Crippen molar-refractivity contribution in [2.75, 3.05) is 11.1 Å². The van der Waals surface area contributed by atoms with Gasteiger partial charge in [0.2, 0.25) is 5.95 Å². The molecule has 0 aliphatic rings. The summed E-state index contributed by atoms with van der Waals surface area (Å²) in [6, 6.07) is 2.95. The van der Waals surface area contributed by atoms with Gasteiger partial charge in [0.05, 0.1) is 34.4 Å². The van der Waals surface area contributed by atoms with Gasteiger partial charge in [0.25, 0.3) is 0 Å². The highest BCUT2D eigenvalue weighted by Gasteiger charge is 2.31. The molecule has 1 heterocycles. The molecule has 19 heavy (non-hydrogen) atoms. The van der Waals surface area contributed by atoms with Gasteiger partial charge in [-0.25, -0.2) is 9.97 Å². The standard InChI is InChI=1S/C11H8ClF3N4/c12-8-2-1-6(11(13,14)15)3-9(8)19-10-17-4-7(16)5-18-10/h1-5H,16H2,(H,17,18,19). The number of benzene rings is 1. The van der Waals surface area contributed by atoms with Crippen LogP contribution >= 0.6 is 11.6 Å². The molecule has 1 aromatic heterocycles. The molecule has 2 aromatic rings. The van der Waals surface area contributed by atoms with Crippen LogP contribution in [0.1, 0.15) is 5.56 Å². The van der Waals surface area contributed by atoms with Gasteiger partial charge in [-0.2, -0.15) is 13.2 Å². The molecule has 8 heteroatoms. The topological polar surface area (TPSA) is 63.8 Å². The number of nitrogen functional groups attached to an aromatic ring is 1. The largest absolute Gasteiger partial charge is 0.416 e. The lowest BCUT2D eigenvalue weighted by Gasteiger charge is -2.11. The zero-order chi connectivity index (χ0) is 14.0. The van der Waals surface area contributed by atoms with Crippen molar-refractivity contribution in [2.45, 2.75) is 6.18 Å². The van der Waals surface area contributed by atoms with Crippen LogP contribution in [0, 0.1) is 0 Å². The Morgan fingerprint density at radius 3 is 2.37 bits per heavy atom. The first kappa shape index (κ1) is 13.4. The zero-order valence-corrected chi connectivity index (χ0v) is 10.1. The molecule has 0 fully saturated rings. The van der Waals surface area contributed by atoms with Crippen molar-refractivity contribution >= 4 is 28.9 Å². The molecule has 0 aliphatic carbocycles. The molecule has 0 bridgehead atoms. The van der Waals surface area contributed by atoms with E-state index in [1.54, 1.807) is 0 Å². The molecule has 0 saturated carbocycles. The minimum atomic E-state index is -4.44. The van der Waals surface area contributed by atoms with Crippen LogP contribution in [0.2, 0.25) is 5.02 Å². The number of nitrogens with one attached hydrogen (secondary N) is 1. The van der Waals surface area contributed by atoms with Gasteiger partial charge in [0.1, 0.15) is 0 Å². The third-order valence-electron chi connectivity index (χ3n) is 2.21. The highest BCUT2D eigenvalue weighted by molar-refractivity contribution is 6.33. The number of alkyl halides is 3. The number of nitrogens with zero attached hydrogens (tertiary/aromatic N) is 2. The Morgan fingerprint density at radius 2 is 1.79 bits per heavy atom. The van der Waals surface area contributed by atoms with Crippen molar-refractivity contribution in [3.63, 3.8) is 0 Å². The van der Waals surface area contributed by atoms with Crippen molar-refractivity contribution < 1.29 is 13.2 Å². The Labute approximate surface area is 111 Å². The van der Waals surface area contributed by atoms with Gasteiger partial charge in [-0.15, -0.1) is 0 Å². The lowest BCUT2D eigenvalue weighted by atomic mass is 10.2. The van der Waals surface area contributed by atoms with Gasteiger partial charge >= 0.3 is 6.18 Å². The summed E-state index contributed by atoms with van der Waals surface area (Å²) < 4.78 is 37.7. The molecule has 3 N–H and O–H groups in total. The fourth-order valence-electron chi connectivity index (χ4n) is 1.32. The average Bonchev–Trinajstić information content (AvgIpc) is 2.33. The first-order valence-corrected chi connectivity index (χ1v) is 5.45. The number of nitrogens with two attached hydrogens (primary N) is 1. The van der Waals surface area contributed by atoms with Gasteiger partial charge in [0, 0.05) is 0 Å². The number of aromatic nitrogens is 2. The average molecular weight is 289 g/mol. The van der Waals surface area contributed by atoms with Crippen molar-refractivity contribution in [1.29, 1.82) is 0 Å². The summed E-state index contributed by atoms with van der Waals surface area (Å²) in [5.41, 5.74) is 5.01. The minimum Gasteiger partial charge on any atom is -0.396 e. The van der Waals surface area contributed by atoms with E-state index in [0.29, 0.717) is 5.69 Å². The monoisotopic (exact) mass is 288 g/mol. The number of anilines is 3. The number of hydrogen-bond donors (Lipinski definition) is 2. The molecule has 0 saturated heterocycles. The Hall–Kier alpha value is -2.02. The predicted octanol–water partition coefficient (Wildman–Crippen LogP) is 3.47. The van der Waals surface area contributed by atoms with E-state index in [1.165, 1.54) is 12.4 Å². The fourth-order valence-corrected chi connectivity index (χ4v) is 1.49.